The van der Waals surface area contributed by atoms with Crippen molar-refractivity contribution in [1.29, 1.82) is 0 Å². The van der Waals surface area contributed by atoms with E-state index in [1.54, 1.807) is 29.7 Å². The quantitative estimate of drug-likeness (QED) is 0.325. The number of likely N-dealkylation sites (tertiary alicyclic amines) is 1. The molecular formula is C21H34INO5. The lowest BCUT2D eigenvalue weighted by Gasteiger charge is -2.44. The van der Waals surface area contributed by atoms with Gasteiger partial charge in [0.1, 0.15) is 11.6 Å². The highest BCUT2D eigenvalue weighted by molar-refractivity contribution is 14.1. The number of piperidine rings is 1. The van der Waals surface area contributed by atoms with Crippen molar-refractivity contribution in [2.45, 2.75) is 83.5 Å². The lowest BCUT2D eigenvalue weighted by atomic mass is 9.67. The molecule has 2 aliphatic rings. The number of nitrogens with zero attached hydrogens (tertiary/aromatic N) is 1. The van der Waals surface area contributed by atoms with Crippen LogP contribution in [-0.4, -0.2) is 56.9 Å². The summed E-state index contributed by atoms with van der Waals surface area (Å²) in [6.07, 6.45) is 4.81. The van der Waals surface area contributed by atoms with Crippen LogP contribution in [-0.2, 0) is 19.1 Å². The van der Waals surface area contributed by atoms with Gasteiger partial charge in [0.05, 0.1) is 6.10 Å². The van der Waals surface area contributed by atoms with Crippen LogP contribution < -0.4 is 0 Å². The highest BCUT2D eigenvalue weighted by atomic mass is 127. The van der Waals surface area contributed by atoms with Crippen molar-refractivity contribution >= 4 is 38.1 Å². The Balaban J connectivity index is 2.20. The Morgan fingerprint density at radius 3 is 2.46 bits per heavy atom. The van der Waals surface area contributed by atoms with E-state index >= 15 is 0 Å². The molecule has 0 unspecified atom stereocenters. The van der Waals surface area contributed by atoms with Crippen LogP contribution >= 0.6 is 22.6 Å². The van der Waals surface area contributed by atoms with Crippen LogP contribution in [0.25, 0.3) is 0 Å². The first-order valence-corrected chi connectivity index (χ1v) is 11.5. The second-order valence-corrected chi connectivity index (χ2v) is 9.98. The Morgan fingerprint density at radius 2 is 1.89 bits per heavy atom. The monoisotopic (exact) mass is 507 g/mol. The second-order valence-electron chi connectivity index (χ2n) is 8.91. The number of aliphatic hydroxyl groups is 1. The number of rotatable bonds is 7. The zero-order valence-corrected chi connectivity index (χ0v) is 19.6. The SMILES string of the molecule is CO[C@H](CC(C)C)[C@@H]1CC[C@@H](C)[C@](O)(C(=O)C(=O)N2CCCC[C@H]2C(=O)I)C1. The van der Waals surface area contributed by atoms with Gasteiger partial charge in [0.15, 0.2) is 0 Å². The summed E-state index contributed by atoms with van der Waals surface area (Å²) in [5.74, 6) is -1.28. The number of halogens is 1. The van der Waals surface area contributed by atoms with Crippen molar-refractivity contribution in [2.75, 3.05) is 13.7 Å². The second kappa shape index (κ2) is 9.98. The van der Waals surface area contributed by atoms with Gasteiger partial charge in [-0.2, -0.15) is 0 Å². The van der Waals surface area contributed by atoms with Crippen molar-refractivity contribution < 1.29 is 24.2 Å². The number of methoxy groups -OCH3 is 1. The van der Waals surface area contributed by atoms with E-state index in [1.807, 2.05) is 6.92 Å². The molecule has 7 heteroatoms. The number of Topliss-reactive ketones (excluding diaryl/α,β-unsaturated/α-hetero) is 1. The summed E-state index contributed by atoms with van der Waals surface area (Å²) in [4.78, 5) is 39.5. The first-order chi connectivity index (χ1) is 13.1. The normalized spacial score (nSPS) is 32.2. The number of ether oxygens (including phenoxy) is 1. The molecule has 6 nitrogen and oxygen atoms in total. The van der Waals surface area contributed by atoms with Gasteiger partial charge in [-0.3, -0.25) is 14.4 Å². The highest BCUT2D eigenvalue weighted by Gasteiger charge is 2.51. The molecule has 2 rings (SSSR count). The van der Waals surface area contributed by atoms with E-state index in [1.165, 1.54) is 4.90 Å². The smallest absolute Gasteiger partial charge is 0.293 e. The van der Waals surface area contributed by atoms with Crippen molar-refractivity contribution in [2.24, 2.45) is 17.8 Å². The van der Waals surface area contributed by atoms with Gasteiger partial charge in [0.2, 0.25) is 3.79 Å². The molecule has 2 fully saturated rings. The average Bonchev–Trinajstić information content (AvgIpc) is 2.66. The van der Waals surface area contributed by atoms with E-state index in [4.69, 9.17) is 4.74 Å². The van der Waals surface area contributed by atoms with Gasteiger partial charge in [-0.1, -0.05) is 20.8 Å². The van der Waals surface area contributed by atoms with Crippen LogP contribution in [0.4, 0.5) is 0 Å². The van der Waals surface area contributed by atoms with Gasteiger partial charge < -0.3 is 14.7 Å². The van der Waals surface area contributed by atoms with E-state index in [-0.39, 0.29) is 28.2 Å². The Hall–Kier alpha value is -0.540. The molecule has 0 spiro atoms. The predicted octanol–water partition coefficient (Wildman–Crippen LogP) is 3.13. The molecule has 28 heavy (non-hydrogen) atoms. The van der Waals surface area contributed by atoms with Gasteiger partial charge in [-0.25, -0.2) is 0 Å². The minimum atomic E-state index is -1.69. The van der Waals surface area contributed by atoms with Crippen molar-refractivity contribution in [3.05, 3.63) is 0 Å². The number of amides is 1. The summed E-state index contributed by atoms with van der Waals surface area (Å²) in [5, 5.41) is 11.3. The van der Waals surface area contributed by atoms with E-state index < -0.39 is 23.3 Å². The number of hydrogen-bond donors (Lipinski definition) is 1. The third-order valence-electron chi connectivity index (χ3n) is 6.50. The Labute approximate surface area is 181 Å². The number of carbonyl (C=O) groups is 3. The molecule has 0 bridgehead atoms. The van der Waals surface area contributed by atoms with Gasteiger partial charge in [0.25, 0.3) is 11.7 Å². The van der Waals surface area contributed by atoms with Crippen LogP contribution in [0.2, 0.25) is 0 Å². The molecule has 0 radical (unpaired) electrons. The van der Waals surface area contributed by atoms with Crippen LogP contribution in [0.15, 0.2) is 0 Å². The molecule has 0 aromatic rings. The van der Waals surface area contributed by atoms with Gasteiger partial charge in [0, 0.05) is 36.2 Å². The zero-order valence-electron chi connectivity index (χ0n) is 17.4. The van der Waals surface area contributed by atoms with Gasteiger partial charge >= 0.3 is 0 Å². The minimum Gasteiger partial charge on any atom is -0.381 e. The third-order valence-corrected chi connectivity index (χ3v) is 7.22. The molecule has 0 aromatic carbocycles. The number of carbonyl (C=O) groups excluding carboxylic acids is 3. The van der Waals surface area contributed by atoms with E-state index in [0.29, 0.717) is 25.3 Å². The molecule has 1 saturated carbocycles. The van der Waals surface area contributed by atoms with Crippen molar-refractivity contribution in [3.63, 3.8) is 0 Å². The van der Waals surface area contributed by atoms with Gasteiger partial charge in [-0.05, 0) is 62.7 Å². The molecule has 1 amide bonds. The van der Waals surface area contributed by atoms with Crippen LogP contribution in [0.1, 0.15) is 65.7 Å². The van der Waals surface area contributed by atoms with E-state index in [2.05, 4.69) is 13.8 Å². The zero-order chi connectivity index (χ0) is 21.1. The molecule has 1 saturated heterocycles. The molecular weight excluding hydrogens is 473 g/mol. The lowest BCUT2D eigenvalue weighted by molar-refractivity contribution is -0.166. The standard InChI is InChI=1S/C21H34INO5/c1-13(2)11-17(28-4)15-9-8-14(3)21(27,12-15)18(24)20(26)23-10-6-5-7-16(23)19(22)25/h13-17,27H,5-12H2,1-4H3/t14-,15-,16+,17-,21+/m1/s1. The van der Waals surface area contributed by atoms with Crippen LogP contribution in [0.3, 0.4) is 0 Å². The maximum Gasteiger partial charge on any atom is 0.293 e. The highest BCUT2D eigenvalue weighted by Crippen LogP contribution is 2.41. The lowest BCUT2D eigenvalue weighted by Crippen LogP contribution is -2.59. The number of ketones is 1. The Bertz CT molecular complexity index is 595. The topological polar surface area (TPSA) is 83.9 Å². The molecule has 0 aromatic heterocycles. The fraction of sp³-hybridized carbons (Fsp3) is 0.857. The first kappa shape index (κ1) is 23.7. The summed E-state index contributed by atoms with van der Waals surface area (Å²) in [6.45, 7) is 6.47. The summed E-state index contributed by atoms with van der Waals surface area (Å²) in [5.41, 5.74) is -1.69. The van der Waals surface area contributed by atoms with E-state index in [0.717, 1.165) is 25.7 Å². The average molecular weight is 507 g/mol. The molecule has 1 heterocycles. The van der Waals surface area contributed by atoms with Crippen LogP contribution in [0.5, 0.6) is 0 Å². The summed E-state index contributed by atoms with van der Waals surface area (Å²) < 4.78 is 5.54. The molecule has 1 N–H and O–H groups in total. The third kappa shape index (κ3) is 5.14. The molecule has 160 valence electrons. The Kier molecular flexibility index (Phi) is 8.46. The summed E-state index contributed by atoms with van der Waals surface area (Å²) in [7, 11) is 1.67. The fourth-order valence-electron chi connectivity index (χ4n) is 4.71. The maximum absolute atomic E-state index is 13.2. The van der Waals surface area contributed by atoms with Gasteiger partial charge in [-0.15, -0.1) is 0 Å². The fourth-order valence-corrected chi connectivity index (χ4v) is 5.36. The maximum atomic E-state index is 13.2. The minimum absolute atomic E-state index is 0.0358. The first-order valence-electron chi connectivity index (χ1n) is 10.4. The summed E-state index contributed by atoms with van der Waals surface area (Å²) >= 11 is 1.70. The van der Waals surface area contributed by atoms with E-state index in [9.17, 15) is 19.5 Å². The number of hydrogen-bond acceptors (Lipinski definition) is 5. The molecule has 1 aliphatic heterocycles. The largest absolute Gasteiger partial charge is 0.381 e. The Morgan fingerprint density at radius 1 is 1.21 bits per heavy atom. The van der Waals surface area contributed by atoms with Crippen molar-refractivity contribution in [3.8, 4) is 0 Å². The molecule has 1 aliphatic carbocycles. The van der Waals surface area contributed by atoms with Crippen molar-refractivity contribution in [1.82, 2.24) is 4.90 Å². The van der Waals surface area contributed by atoms with Crippen LogP contribution in [0, 0.1) is 17.8 Å². The predicted molar refractivity (Wildman–Crippen MR) is 115 cm³/mol. The molecule has 5 atom stereocenters. The summed E-state index contributed by atoms with van der Waals surface area (Å²) in [6, 6.07) is -0.559.